The van der Waals surface area contributed by atoms with Crippen molar-refractivity contribution >= 4 is 38.9 Å². The van der Waals surface area contributed by atoms with Crippen LogP contribution in [0, 0.1) is 5.82 Å². The second-order valence-corrected chi connectivity index (χ2v) is 9.00. The van der Waals surface area contributed by atoms with Gasteiger partial charge in [-0.1, -0.05) is 6.08 Å². The number of ether oxygens (including phenoxy) is 1. The number of nitrogens with zero attached hydrogens (tertiary/aromatic N) is 2. The van der Waals surface area contributed by atoms with Crippen LogP contribution in [0.3, 0.4) is 0 Å². The van der Waals surface area contributed by atoms with E-state index in [1.165, 1.54) is 30.1 Å². The topological polar surface area (TPSA) is 125 Å². The van der Waals surface area contributed by atoms with Gasteiger partial charge in [-0.25, -0.2) is 13.4 Å². The highest BCUT2D eigenvalue weighted by Crippen LogP contribution is 2.30. The Labute approximate surface area is 166 Å². The van der Waals surface area contributed by atoms with Gasteiger partial charge < -0.3 is 15.2 Å². The van der Waals surface area contributed by atoms with Crippen LogP contribution in [0.25, 0.3) is 5.57 Å². The van der Waals surface area contributed by atoms with Gasteiger partial charge in [-0.15, -0.1) is 0 Å². The lowest BCUT2D eigenvalue weighted by atomic mass is 10.0. The fourth-order valence-electron chi connectivity index (χ4n) is 3.13. The number of halogens is 1. The highest BCUT2D eigenvalue weighted by Gasteiger charge is 2.36. The first-order valence-corrected chi connectivity index (χ1v) is 10.7. The zero-order valence-corrected chi connectivity index (χ0v) is 16.4. The van der Waals surface area contributed by atoms with E-state index in [2.05, 4.69) is 9.68 Å². The summed E-state index contributed by atoms with van der Waals surface area (Å²) in [5, 5.41) is 11.1. The summed E-state index contributed by atoms with van der Waals surface area (Å²) in [4.78, 5) is 36.0. The molecule has 3 rings (SSSR count). The van der Waals surface area contributed by atoms with Crippen molar-refractivity contribution in [3.63, 3.8) is 0 Å². The van der Waals surface area contributed by atoms with Crippen molar-refractivity contribution in [2.45, 2.75) is 12.5 Å². The van der Waals surface area contributed by atoms with Gasteiger partial charge in [-0.2, -0.15) is 4.36 Å². The molecule has 0 aliphatic carbocycles. The molecule has 11 heteroatoms. The van der Waals surface area contributed by atoms with Crippen LogP contribution >= 0.6 is 0 Å². The Hall–Kier alpha value is -2.79. The predicted molar refractivity (Wildman–Crippen MR) is 103 cm³/mol. The van der Waals surface area contributed by atoms with Crippen LogP contribution in [-0.4, -0.2) is 65.0 Å². The van der Waals surface area contributed by atoms with Crippen molar-refractivity contribution < 1.29 is 32.8 Å². The van der Waals surface area contributed by atoms with E-state index in [9.17, 15) is 23.0 Å². The molecule has 1 aromatic carbocycles. The average Bonchev–Trinajstić information content (AvgIpc) is 3.09. The SMILES string of the molecule is CNC(=O)[C@H]1CN(c2ccc(C3=CCS(=O)(=NC(=O)CO)CC3)c(F)c2)C(=O)O1. The van der Waals surface area contributed by atoms with Crippen molar-refractivity contribution in [1.82, 2.24) is 5.32 Å². The van der Waals surface area contributed by atoms with Gasteiger partial charge in [0.25, 0.3) is 11.8 Å². The van der Waals surface area contributed by atoms with Gasteiger partial charge in [0.15, 0.2) is 6.10 Å². The average molecular weight is 425 g/mol. The number of nitrogens with one attached hydrogen (secondary N) is 1. The van der Waals surface area contributed by atoms with Crippen LogP contribution in [0.5, 0.6) is 0 Å². The van der Waals surface area contributed by atoms with Crippen LogP contribution in [-0.2, 0) is 24.1 Å². The number of allylic oxidation sites excluding steroid dienone is 1. The molecule has 156 valence electrons. The number of aliphatic hydroxyl groups is 1. The minimum atomic E-state index is -2.79. The maximum atomic E-state index is 14.7. The molecule has 1 aromatic rings. The fraction of sp³-hybridized carbons (Fsp3) is 0.389. The third kappa shape index (κ3) is 4.46. The lowest BCUT2D eigenvalue weighted by Gasteiger charge is -2.19. The molecule has 9 nitrogen and oxygen atoms in total. The van der Waals surface area contributed by atoms with Crippen LogP contribution < -0.4 is 10.2 Å². The fourth-order valence-corrected chi connectivity index (χ4v) is 4.89. The minimum Gasteiger partial charge on any atom is -0.434 e. The normalized spacial score (nSPS) is 24.0. The number of amides is 3. The van der Waals surface area contributed by atoms with Crippen LogP contribution in [0.15, 0.2) is 28.6 Å². The zero-order valence-electron chi connectivity index (χ0n) is 15.6. The number of hydrogen-bond acceptors (Lipinski definition) is 6. The van der Waals surface area contributed by atoms with Crippen molar-refractivity contribution in [2.75, 3.05) is 36.6 Å². The van der Waals surface area contributed by atoms with Crippen LogP contribution in [0.1, 0.15) is 12.0 Å². The largest absolute Gasteiger partial charge is 0.434 e. The molecule has 2 atom stereocenters. The molecule has 2 aliphatic heterocycles. The highest BCUT2D eigenvalue weighted by molar-refractivity contribution is 7.94. The minimum absolute atomic E-state index is 0.0124. The van der Waals surface area contributed by atoms with E-state index < -0.39 is 46.2 Å². The predicted octanol–water partition coefficient (Wildman–Crippen LogP) is 0.671. The number of cyclic esters (lactones) is 1. The summed E-state index contributed by atoms with van der Waals surface area (Å²) in [6.45, 7) is -0.828. The van der Waals surface area contributed by atoms with E-state index in [1.807, 2.05) is 0 Å². The first kappa shape index (κ1) is 20.9. The molecule has 0 aromatic heterocycles. The van der Waals surface area contributed by atoms with E-state index in [1.54, 1.807) is 6.08 Å². The number of carbonyl (C=O) groups is 3. The van der Waals surface area contributed by atoms with Crippen molar-refractivity contribution in [3.05, 3.63) is 35.7 Å². The zero-order chi connectivity index (χ0) is 21.2. The summed E-state index contributed by atoms with van der Waals surface area (Å²) in [5.74, 6) is -1.80. The summed E-state index contributed by atoms with van der Waals surface area (Å²) >= 11 is 0. The summed E-state index contributed by atoms with van der Waals surface area (Å²) < 4.78 is 35.7. The number of rotatable bonds is 4. The molecule has 1 unspecified atom stereocenters. The van der Waals surface area contributed by atoms with Crippen LogP contribution in [0.2, 0.25) is 0 Å². The highest BCUT2D eigenvalue weighted by atomic mass is 32.2. The molecule has 1 fully saturated rings. The van der Waals surface area contributed by atoms with E-state index in [4.69, 9.17) is 9.84 Å². The number of benzene rings is 1. The van der Waals surface area contributed by atoms with Gasteiger partial charge in [-0.05, 0) is 30.2 Å². The van der Waals surface area contributed by atoms with Gasteiger partial charge in [0, 0.05) is 18.4 Å². The lowest BCUT2D eigenvalue weighted by molar-refractivity contribution is -0.127. The van der Waals surface area contributed by atoms with Crippen molar-refractivity contribution in [2.24, 2.45) is 4.36 Å². The molecule has 3 amide bonds. The Balaban J connectivity index is 1.79. The summed E-state index contributed by atoms with van der Waals surface area (Å²) in [6, 6.07) is 4.22. The molecular formula is C18H20FN3O6S. The van der Waals surface area contributed by atoms with Gasteiger partial charge >= 0.3 is 6.09 Å². The number of aliphatic hydroxyl groups excluding tert-OH is 1. The molecule has 0 spiro atoms. The summed E-state index contributed by atoms with van der Waals surface area (Å²) in [6.07, 6.45) is 0.123. The molecule has 0 bridgehead atoms. The molecule has 29 heavy (non-hydrogen) atoms. The van der Waals surface area contributed by atoms with Crippen molar-refractivity contribution in [1.29, 1.82) is 0 Å². The third-order valence-electron chi connectivity index (χ3n) is 4.64. The number of likely N-dealkylation sites (N-methyl/N-ethyl adjacent to an activating group) is 1. The van der Waals surface area contributed by atoms with E-state index >= 15 is 0 Å². The molecule has 2 heterocycles. The monoisotopic (exact) mass is 425 g/mol. The number of hydrogen-bond donors (Lipinski definition) is 2. The van der Waals surface area contributed by atoms with Gasteiger partial charge in [0.1, 0.15) is 12.4 Å². The second-order valence-electron chi connectivity index (χ2n) is 6.53. The molecule has 0 radical (unpaired) electrons. The molecule has 0 saturated carbocycles. The van der Waals surface area contributed by atoms with Gasteiger partial charge in [0.2, 0.25) is 0 Å². The number of anilines is 1. The molecule has 2 N–H and O–H groups in total. The maximum absolute atomic E-state index is 14.7. The number of carbonyl (C=O) groups excluding carboxylic acids is 3. The molecule has 1 saturated heterocycles. The van der Waals surface area contributed by atoms with E-state index in [0.29, 0.717) is 11.1 Å². The van der Waals surface area contributed by atoms with Crippen LogP contribution in [0.4, 0.5) is 14.9 Å². The summed E-state index contributed by atoms with van der Waals surface area (Å²) in [7, 11) is -1.36. The third-order valence-corrected chi connectivity index (χ3v) is 6.71. The lowest BCUT2D eigenvalue weighted by Crippen LogP contribution is -2.35. The van der Waals surface area contributed by atoms with Gasteiger partial charge in [-0.3, -0.25) is 14.5 Å². The standard InChI is InChI=1S/C18H20FN3O6S/c1-20-17(25)15-9-22(18(26)28-15)12-2-3-13(14(19)8-12)11-4-6-29(27,7-5-11)21-16(24)10-23/h2-4,8,15,23H,5-7,9-10H2,1H3,(H,20,25)/t15-,29?/m1/s1. The summed E-state index contributed by atoms with van der Waals surface area (Å²) in [5.41, 5.74) is 1.16. The first-order valence-electron chi connectivity index (χ1n) is 8.81. The Bertz CT molecular complexity index is 1010. The Morgan fingerprint density at radius 2 is 2.21 bits per heavy atom. The Morgan fingerprint density at radius 1 is 1.45 bits per heavy atom. The first-order chi connectivity index (χ1) is 13.8. The molecular weight excluding hydrogens is 405 g/mol. The molecule has 2 aliphatic rings. The second kappa shape index (κ2) is 8.29. The smallest absolute Gasteiger partial charge is 0.415 e. The van der Waals surface area contributed by atoms with E-state index in [0.717, 1.165) is 0 Å². The maximum Gasteiger partial charge on any atom is 0.415 e. The Morgan fingerprint density at radius 3 is 2.79 bits per heavy atom. The Kier molecular flexibility index (Phi) is 5.99. The van der Waals surface area contributed by atoms with Crippen molar-refractivity contribution in [3.8, 4) is 0 Å². The van der Waals surface area contributed by atoms with Gasteiger partial charge in [0.05, 0.1) is 27.7 Å². The quantitative estimate of drug-likeness (QED) is 0.731. The van der Waals surface area contributed by atoms with E-state index in [-0.39, 0.29) is 30.2 Å².